The van der Waals surface area contributed by atoms with Gasteiger partial charge in [0.25, 0.3) is 5.91 Å². The van der Waals surface area contributed by atoms with Crippen molar-refractivity contribution in [3.05, 3.63) is 64.1 Å². The predicted molar refractivity (Wildman–Crippen MR) is 112 cm³/mol. The summed E-state index contributed by atoms with van der Waals surface area (Å²) < 4.78 is 5.57. The van der Waals surface area contributed by atoms with E-state index in [4.69, 9.17) is 27.9 Å². The Morgan fingerprint density at radius 2 is 1.75 bits per heavy atom. The predicted octanol–water partition coefficient (Wildman–Crippen LogP) is 4.31. The summed E-state index contributed by atoms with van der Waals surface area (Å²) in [6.45, 7) is 5.40. The first-order valence-corrected chi connectivity index (χ1v) is 9.75. The molecule has 0 aliphatic heterocycles. The van der Waals surface area contributed by atoms with Crippen molar-refractivity contribution < 1.29 is 14.3 Å². The Kier molecular flexibility index (Phi) is 8.15. The lowest BCUT2D eigenvalue weighted by molar-refractivity contribution is -0.142. The van der Waals surface area contributed by atoms with Gasteiger partial charge in [0.1, 0.15) is 11.8 Å². The Balaban J connectivity index is 2.18. The molecule has 2 amide bonds. The SMILES string of the molecule is CC(C)NC(=O)[C@H](C)N(Cc1ccc(Cl)cc1Cl)C(=O)COc1ccccc1. The monoisotopic (exact) mass is 422 g/mol. The van der Waals surface area contributed by atoms with Gasteiger partial charge in [-0.25, -0.2) is 0 Å². The number of carbonyl (C=O) groups is 2. The summed E-state index contributed by atoms with van der Waals surface area (Å²) in [5, 5.41) is 3.77. The van der Waals surface area contributed by atoms with Gasteiger partial charge in [-0.2, -0.15) is 0 Å². The Morgan fingerprint density at radius 3 is 2.36 bits per heavy atom. The van der Waals surface area contributed by atoms with Crippen LogP contribution >= 0.6 is 23.2 Å². The molecule has 0 radical (unpaired) electrons. The lowest BCUT2D eigenvalue weighted by atomic mass is 10.1. The van der Waals surface area contributed by atoms with Crippen LogP contribution in [0.1, 0.15) is 26.3 Å². The van der Waals surface area contributed by atoms with Crippen LogP contribution in [0.2, 0.25) is 10.0 Å². The van der Waals surface area contributed by atoms with Gasteiger partial charge in [-0.05, 0) is 50.6 Å². The fraction of sp³-hybridized carbons (Fsp3) is 0.333. The molecule has 0 aromatic heterocycles. The van der Waals surface area contributed by atoms with E-state index < -0.39 is 6.04 Å². The van der Waals surface area contributed by atoms with Gasteiger partial charge in [0.05, 0.1) is 0 Å². The molecule has 0 spiro atoms. The molecular formula is C21H24Cl2N2O3. The molecule has 0 saturated carbocycles. The molecule has 28 heavy (non-hydrogen) atoms. The number of nitrogens with zero attached hydrogens (tertiary/aromatic N) is 1. The van der Waals surface area contributed by atoms with Crippen LogP contribution in [0.15, 0.2) is 48.5 Å². The molecule has 1 N–H and O–H groups in total. The van der Waals surface area contributed by atoms with Crippen molar-refractivity contribution in [2.24, 2.45) is 0 Å². The Bertz CT molecular complexity index is 813. The van der Waals surface area contributed by atoms with E-state index in [9.17, 15) is 9.59 Å². The summed E-state index contributed by atoms with van der Waals surface area (Å²) in [4.78, 5) is 26.8. The van der Waals surface area contributed by atoms with Gasteiger partial charge < -0.3 is 15.0 Å². The maximum Gasteiger partial charge on any atom is 0.261 e. The normalized spacial score (nSPS) is 11.8. The highest BCUT2D eigenvalue weighted by Gasteiger charge is 2.27. The Labute approximate surface area is 175 Å². The van der Waals surface area contributed by atoms with Gasteiger partial charge in [0, 0.05) is 22.6 Å². The van der Waals surface area contributed by atoms with Crippen LogP contribution in [0.5, 0.6) is 5.75 Å². The zero-order valence-corrected chi connectivity index (χ0v) is 17.6. The molecule has 0 bridgehead atoms. The van der Waals surface area contributed by atoms with Crippen molar-refractivity contribution in [2.75, 3.05) is 6.61 Å². The second-order valence-corrected chi connectivity index (χ2v) is 7.54. The highest BCUT2D eigenvalue weighted by molar-refractivity contribution is 6.35. The van der Waals surface area contributed by atoms with Gasteiger partial charge >= 0.3 is 0 Å². The smallest absolute Gasteiger partial charge is 0.261 e. The van der Waals surface area contributed by atoms with E-state index in [1.165, 1.54) is 4.90 Å². The zero-order chi connectivity index (χ0) is 20.7. The number of hydrogen-bond acceptors (Lipinski definition) is 3. The number of amides is 2. The zero-order valence-electron chi connectivity index (χ0n) is 16.1. The minimum Gasteiger partial charge on any atom is -0.484 e. The molecule has 150 valence electrons. The molecule has 0 unspecified atom stereocenters. The molecule has 0 aliphatic carbocycles. The third kappa shape index (κ3) is 6.43. The first-order chi connectivity index (χ1) is 13.3. The Hall–Kier alpha value is -2.24. The van der Waals surface area contributed by atoms with E-state index in [1.54, 1.807) is 37.3 Å². The van der Waals surface area contributed by atoms with E-state index in [2.05, 4.69) is 5.32 Å². The number of ether oxygens (including phenoxy) is 1. The first kappa shape index (κ1) is 22.1. The van der Waals surface area contributed by atoms with E-state index in [0.717, 1.165) is 0 Å². The molecule has 1 atom stereocenters. The standard InChI is InChI=1S/C21H24Cl2N2O3/c1-14(2)24-21(27)15(3)25(12-16-9-10-17(22)11-19(16)23)20(26)13-28-18-7-5-4-6-8-18/h4-11,14-15H,12-13H2,1-3H3,(H,24,27)/t15-/m0/s1. The number of halogens is 2. The number of hydrogen-bond donors (Lipinski definition) is 1. The first-order valence-electron chi connectivity index (χ1n) is 8.99. The maximum atomic E-state index is 12.9. The van der Waals surface area contributed by atoms with Gasteiger partial charge in [-0.1, -0.05) is 47.5 Å². The number of nitrogens with one attached hydrogen (secondary N) is 1. The van der Waals surface area contributed by atoms with E-state index >= 15 is 0 Å². The molecule has 0 saturated heterocycles. The number of para-hydroxylation sites is 1. The number of carbonyl (C=O) groups excluding carboxylic acids is 2. The summed E-state index contributed by atoms with van der Waals surface area (Å²) in [5.41, 5.74) is 0.698. The van der Waals surface area contributed by atoms with Crippen LogP contribution in [-0.2, 0) is 16.1 Å². The highest BCUT2D eigenvalue weighted by Crippen LogP contribution is 2.23. The lowest BCUT2D eigenvalue weighted by Crippen LogP contribution is -2.50. The topological polar surface area (TPSA) is 58.6 Å². The summed E-state index contributed by atoms with van der Waals surface area (Å²) in [5.74, 6) is 0.0223. The highest BCUT2D eigenvalue weighted by atomic mass is 35.5. The van der Waals surface area contributed by atoms with Crippen molar-refractivity contribution in [1.29, 1.82) is 0 Å². The fourth-order valence-corrected chi connectivity index (χ4v) is 3.03. The van der Waals surface area contributed by atoms with E-state index in [1.807, 2.05) is 32.0 Å². The van der Waals surface area contributed by atoms with Gasteiger partial charge in [0.15, 0.2) is 6.61 Å². The summed E-state index contributed by atoms with van der Waals surface area (Å²) in [7, 11) is 0. The molecule has 2 aromatic carbocycles. The molecular weight excluding hydrogens is 399 g/mol. The molecule has 2 rings (SSSR count). The van der Waals surface area contributed by atoms with Crippen LogP contribution in [0.25, 0.3) is 0 Å². The van der Waals surface area contributed by atoms with Crippen molar-refractivity contribution in [2.45, 2.75) is 39.4 Å². The van der Waals surface area contributed by atoms with Gasteiger partial charge in [-0.15, -0.1) is 0 Å². The molecule has 0 fully saturated rings. The van der Waals surface area contributed by atoms with Crippen LogP contribution in [0.4, 0.5) is 0 Å². The van der Waals surface area contributed by atoms with Crippen molar-refractivity contribution in [3.8, 4) is 5.75 Å². The quantitative estimate of drug-likeness (QED) is 0.688. The van der Waals surface area contributed by atoms with Crippen LogP contribution < -0.4 is 10.1 Å². The van der Waals surface area contributed by atoms with E-state index in [0.29, 0.717) is 21.4 Å². The molecule has 7 heteroatoms. The van der Waals surface area contributed by atoms with Crippen molar-refractivity contribution in [3.63, 3.8) is 0 Å². The van der Waals surface area contributed by atoms with Gasteiger partial charge in [0.2, 0.25) is 5.91 Å². The largest absolute Gasteiger partial charge is 0.484 e. The second-order valence-electron chi connectivity index (χ2n) is 6.70. The average molecular weight is 423 g/mol. The summed E-state index contributed by atoms with van der Waals surface area (Å²) >= 11 is 12.2. The van der Waals surface area contributed by atoms with E-state index in [-0.39, 0.29) is 31.0 Å². The molecule has 2 aromatic rings. The summed E-state index contributed by atoms with van der Waals surface area (Å²) in [6, 6.07) is 13.4. The van der Waals surface area contributed by atoms with Crippen LogP contribution in [-0.4, -0.2) is 35.4 Å². The third-order valence-electron chi connectivity index (χ3n) is 4.06. The lowest BCUT2D eigenvalue weighted by Gasteiger charge is -2.29. The Morgan fingerprint density at radius 1 is 1.07 bits per heavy atom. The second kappa shape index (κ2) is 10.3. The maximum absolute atomic E-state index is 12.9. The van der Waals surface area contributed by atoms with Gasteiger partial charge in [-0.3, -0.25) is 9.59 Å². The average Bonchev–Trinajstić information content (AvgIpc) is 2.65. The van der Waals surface area contributed by atoms with Crippen LogP contribution in [0.3, 0.4) is 0 Å². The molecule has 0 heterocycles. The number of benzene rings is 2. The third-order valence-corrected chi connectivity index (χ3v) is 4.65. The van der Waals surface area contributed by atoms with Crippen molar-refractivity contribution >= 4 is 35.0 Å². The van der Waals surface area contributed by atoms with Crippen molar-refractivity contribution in [1.82, 2.24) is 10.2 Å². The molecule has 5 nitrogen and oxygen atoms in total. The number of rotatable bonds is 8. The molecule has 0 aliphatic rings. The minimum atomic E-state index is -0.694. The fourth-order valence-electron chi connectivity index (χ4n) is 2.57. The van der Waals surface area contributed by atoms with Crippen LogP contribution in [0, 0.1) is 0 Å². The summed E-state index contributed by atoms with van der Waals surface area (Å²) in [6.07, 6.45) is 0. The minimum absolute atomic E-state index is 0.0356.